The fourth-order valence-electron chi connectivity index (χ4n) is 2.32. The molecule has 118 valence electrons. The molecule has 3 rings (SSSR count). The summed E-state index contributed by atoms with van der Waals surface area (Å²) in [6.07, 6.45) is 3.33. The van der Waals surface area contributed by atoms with E-state index in [1.807, 2.05) is 49.4 Å². The number of carbonyl (C=O) groups excluding carboxylic acids is 1. The first-order chi connectivity index (χ1) is 11.1. The molecule has 0 aliphatic carbocycles. The quantitative estimate of drug-likeness (QED) is 0.721. The third-order valence-electron chi connectivity index (χ3n) is 3.83. The number of rotatable bonds is 5. The van der Waals surface area contributed by atoms with E-state index in [1.54, 1.807) is 18.2 Å². The van der Waals surface area contributed by atoms with Crippen LogP contribution in [-0.4, -0.2) is 22.8 Å². The molecule has 0 aliphatic rings. The first-order valence-electron chi connectivity index (χ1n) is 7.44. The van der Waals surface area contributed by atoms with Crippen LogP contribution in [0.3, 0.4) is 0 Å². The Kier molecular flexibility index (Phi) is 4.28. The molecule has 2 heterocycles. The van der Waals surface area contributed by atoms with Crippen LogP contribution in [0.1, 0.15) is 24.4 Å². The summed E-state index contributed by atoms with van der Waals surface area (Å²) >= 11 is 0. The third-order valence-corrected chi connectivity index (χ3v) is 3.83. The highest BCUT2D eigenvalue weighted by Crippen LogP contribution is 2.21. The van der Waals surface area contributed by atoms with Gasteiger partial charge in [0.1, 0.15) is 12.0 Å². The normalized spacial score (nSPS) is 12.1. The smallest absolute Gasteiger partial charge is 0.229 e. The van der Waals surface area contributed by atoms with Crippen LogP contribution in [0.25, 0.3) is 11.5 Å². The predicted molar refractivity (Wildman–Crippen MR) is 85.5 cm³/mol. The van der Waals surface area contributed by atoms with Crippen molar-refractivity contribution in [3.8, 4) is 11.5 Å². The van der Waals surface area contributed by atoms with E-state index in [9.17, 15) is 4.79 Å². The van der Waals surface area contributed by atoms with E-state index in [4.69, 9.17) is 8.83 Å². The third kappa shape index (κ3) is 3.34. The number of furan rings is 1. The van der Waals surface area contributed by atoms with Crippen LogP contribution >= 0.6 is 0 Å². The van der Waals surface area contributed by atoms with E-state index in [0.29, 0.717) is 11.6 Å². The summed E-state index contributed by atoms with van der Waals surface area (Å²) in [5.74, 6) is 1.24. The van der Waals surface area contributed by atoms with Crippen molar-refractivity contribution in [2.45, 2.75) is 19.4 Å². The van der Waals surface area contributed by atoms with Gasteiger partial charge in [0.05, 0.1) is 24.4 Å². The largest absolute Gasteiger partial charge is 0.467 e. The Hall–Kier alpha value is -2.82. The highest BCUT2D eigenvalue weighted by molar-refractivity contribution is 5.78. The molecular formula is C18H18N2O3. The lowest BCUT2D eigenvalue weighted by Crippen LogP contribution is -2.30. The van der Waals surface area contributed by atoms with E-state index < -0.39 is 0 Å². The molecular weight excluding hydrogens is 292 g/mol. The summed E-state index contributed by atoms with van der Waals surface area (Å²) in [7, 11) is 1.76. The minimum atomic E-state index is -0.127. The standard InChI is InChI=1S/C18H18N2O3/c1-13(16-9-6-10-22-16)20(2)17(21)11-15-12-23-18(19-15)14-7-4-3-5-8-14/h3-10,12-13H,11H2,1-2H3. The molecule has 0 aliphatic heterocycles. The Morgan fingerprint density at radius 1 is 1.17 bits per heavy atom. The second-order valence-electron chi connectivity index (χ2n) is 5.38. The number of hydrogen-bond acceptors (Lipinski definition) is 4. The lowest BCUT2D eigenvalue weighted by Gasteiger charge is -2.22. The van der Waals surface area contributed by atoms with Gasteiger partial charge in [-0.1, -0.05) is 18.2 Å². The monoisotopic (exact) mass is 310 g/mol. The van der Waals surface area contributed by atoms with Crippen molar-refractivity contribution in [1.29, 1.82) is 0 Å². The summed E-state index contributed by atoms with van der Waals surface area (Å²) < 4.78 is 10.8. The number of benzene rings is 1. The van der Waals surface area contributed by atoms with Gasteiger partial charge in [0, 0.05) is 12.6 Å². The van der Waals surface area contributed by atoms with Crippen molar-refractivity contribution < 1.29 is 13.6 Å². The second-order valence-corrected chi connectivity index (χ2v) is 5.38. The van der Waals surface area contributed by atoms with Gasteiger partial charge in [-0.2, -0.15) is 0 Å². The first-order valence-corrected chi connectivity index (χ1v) is 7.44. The van der Waals surface area contributed by atoms with Gasteiger partial charge < -0.3 is 13.7 Å². The average Bonchev–Trinajstić information content (AvgIpc) is 3.26. The Morgan fingerprint density at radius 3 is 2.65 bits per heavy atom. The maximum absolute atomic E-state index is 12.4. The van der Waals surface area contributed by atoms with E-state index >= 15 is 0 Å². The Balaban J connectivity index is 1.67. The zero-order chi connectivity index (χ0) is 16.2. The minimum Gasteiger partial charge on any atom is -0.467 e. The topological polar surface area (TPSA) is 59.5 Å². The number of aromatic nitrogens is 1. The fraction of sp³-hybridized carbons (Fsp3) is 0.222. The molecule has 2 aromatic heterocycles. The van der Waals surface area contributed by atoms with Crippen LogP contribution in [0, 0.1) is 0 Å². The number of hydrogen-bond donors (Lipinski definition) is 0. The van der Waals surface area contributed by atoms with Crippen molar-refractivity contribution in [2.75, 3.05) is 7.05 Å². The van der Waals surface area contributed by atoms with Crippen LogP contribution < -0.4 is 0 Å². The molecule has 0 saturated carbocycles. The summed E-state index contributed by atoms with van der Waals surface area (Å²) in [5.41, 5.74) is 1.51. The molecule has 23 heavy (non-hydrogen) atoms. The molecule has 0 bridgehead atoms. The number of carbonyl (C=O) groups is 1. The van der Waals surface area contributed by atoms with Gasteiger partial charge in [-0.15, -0.1) is 0 Å². The molecule has 1 amide bonds. The van der Waals surface area contributed by atoms with Gasteiger partial charge in [0.15, 0.2) is 0 Å². The molecule has 0 fully saturated rings. The highest BCUT2D eigenvalue weighted by atomic mass is 16.3. The molecule has 0 spiro atoms. The van der Waals surface area contributed by atoms with Crippen LogP contribution in [0.4, 0.5) is 0 Å². The number of oxazole rings is 1. The van der Waals surface area contributed by atoms with E-state index in [1.165, 1.54) is 6.26 Å². The number of likely N-dealkylation sites (N-methyl/N-ethyl adjacent to an activating group) is 1. The molecule has 0 saturated heterocycles. The molecule has 1 atom stereocenters. The van der Waals surface area contributed by atoms with Crippen molar-refractivity contribution in [1.82, 2.24) is 9.88 Å². The van der Waals surface area contributed by atoms with Crippen molar-refractivity contribution in [2.24, 2.45) is 0 Å². The molecule has 3 aromatic rings. The van der Waals surface area contributed by atoms with E-state index in [0.717, 1.165) is 11.3 Å². The van der Waals surface area contributed by atoms with Gasteiger partial charge in [-0.05, 0) is 31.2 Å². The van der Waals surface area contributed by atoms with Crippen LogP contribution in [0.2, 0.25) is 0 Å². The van der Waals surface area contributed by atoms with Crippen LogP contribution in [0.5, 0.6) is 0 Å². The molecule has 0 N–H and O–H groups in total. The second kappa shape index (κ2) is 6.52. The highest BCUT2D eigenvalue weighted by Gasteiger charge is 2.20. The summed E-state index contributed by atoms with van der Waals surface area (Å²) in [5, 5.41) is 0. The first kappa shape index (κ1) is 15.1. The zero-order valence-electron chi connectivity index (χ0n) is 13.1. The number of amides is 1. The summed E-state index contributed by atoms with van der Waals surface area (Å²) in [4.78, 5) is 18.4. The predicted octanol–water partition coefficient (Wildman–Crippen LogP) is 3.70. The van der Waals surface area contributed by atoms with Crippen LogP contribution in [0.15, 0.2) is 63.8 Å². The molecule has 0 radical (unpaired) electrons. The van der Waals surface area contributed by atoms with Gasteiger partial charge >= 0.3 is 0 Å². The van der Waals surface area contributed by atoms with Gasteiger partial charge in [-0.3, -0.25) is 4.79 Å². The van der Waals surface area contributed by atoms with Crippen LogP contribution in [-0.2, 0) is 11.2 Å². The minimum absolute atomic E-state index is 0.0400. The van der Waals surface area contributed by atoms with Crippen molar-refractivity contribution in [3.63, 3.8) is 0 Å². The SMILES string of the molecule is CC(c1ccco1)N(C)C(=O)Cc1coc(-c2ccccc2)n1. The lowest BCUT2D eigenvalue weighted by molar-refractivity contribution is -0.131. The average molecular weight is 310 g/mol. The molecule has 1 aromatic carbocycles. The number of nitrogens with zero attached hydrogens (tertiary/aromatic N) is 2. The maximum Gasteiger partial charge on any atom is 0.229 e. The van der Waals surface area contributed by atoms with E-state index in [-0.39, 0.29) is 18.4 Å². The fourth-order valence-corrected chi connectivity index (χ4v) is 2.32. The summed E-state index contributed by atoms with van der Waals surface area (Å²) in [6, 6.07) is 13.2. The Bertz CT molecular complexity index is 763. The van der Waals surface area contributed by atoms with Gasteiger partial charge in [0.25, 0.3) is 0 Å². The maximum atomic E-state index is 12.4. The zero-order valence-corrected chi connectivity index (χ0v) is 13.1. The van der Waals surface area contributed by atoms with E-state index in [2.05, 4.69) is 4.98 Å². The molecule has 5 heteroatoms. The molecule has 1 unspecified atom stereocenters. The van der Waals surface area contributed by atoms with Gasteiger partial charge in [-0.25, -0.2) is 4.98 Å². The van der Waals surface area contributed by atoms with Crippen molar-refractivity contribution in [3.05, 3.63) is 66.4 Å². The Labute approximate surface area is 134 Å². The Morgan fingerprint density at radius 2 is 1.96 bits per heavy atom. The molecule has 5 nitrogen and oxygen atoms in total. The van der Waals surface area contributed by atoms with Crippen molar-refractivity contribution >= 4 is 5.91 Å². The summed E-state index contributed by atoms with van der Waals surface area (Å²) in [6.45, 7) is 1.93. The van der Waals surface area contributed by atoms with Gasteiger partial charge in [0.2, 0.25) is 11.8 Å². The lowest BCUT2D eigenvalue weighted by atomic mass is 10.2.